The summed E-state index contributed by atoms with van der Waals surface area (Å²) in [5.41, 5.74) is 17.8. The number of hydrogen-bond acceptors (Lipinski definition) is 1. The van der Waals surface area contributed by atoms with Crippen molar-refractivity contribution in [3.05, 3.63) is 29.8 Å². The van der Waals surface area contributed by atoms with Gasteiger partial charge >= 0.3 is 5.96 Å². The monoisotopic (exact) mass is 192 g/mol. The van der Waals surface area contributed by atoms with E-state index in [4.69, 9.17) is 17.2 Å². The van der Waals surface area contributed by atoms with Crippen molar-refractivity contribution in [2.45, 2.75) is 6.92 Å². The minimum Gasteiger partial charge on any atom is -0.323 e. The number of guanidine groups is 2. The Morgan fingerprint density at radius 3 is 2.21 bits per heavy atom. The molecule has 1 aromatic rings. The highest BCUT2D eigenvalue weighted by Crippen LogP contribution is 2.11. The fourth-order valence-corrected chi connectivity index (χ4v) is 0.934. The van der Waals surface area contributed by atoms with Crippen LogP contribution in [0.15, 0.2) is 29.3 Å². The molecule has 14 heavy (non-hydrogen) atoms. The molecule has 0 radical (unpaired) electrons. The van der Waals surface area contributed by atoms with Gasteiger partial charge in [-0.2, -0.15) is 0 Å². The van der Waals surface area contributed by atoms with E-state index in [2.05, 4.69) is 9.98 Å². The predicted molar refractivity (Wildman–Crippen MR) is 56.8 cm³/mol. The quantitative estimate of drug-likeness (QED) is 0.315. The van der Waals surface area contributed by atoms with Crippen molar-refractivity contribution in [3.8, 4) is 0 Å². The lowest BCUT2D eigenvalue weighted by molar-refractivity contribution is -0.320. The maximum Gasteiger partial charge on any atom is 0.316 e. The first kappa shape index (κ1) is 10.0. The van der Waals surface area contributed by atoms with Crippen LogP contribution in [0.5, 0.6) is 0 Å². The molecule has 0 atom stereocenters. The van der Waals surface area contributed by atoms with Gasteiger partial charge in [0.1, 0.15) is 5.69 Å². The minimum absolute atomic E-state index is 0.0263. The van der Waals surface area contributed by atoms with Crippen LogP contribution in [0.1, 0.15) is 5.56 Å². The average Bonchev–Trinajstić information content (AvgIpc) is 2.07. The van der Waals surface area contributed by atoms with Crippen LogP contribution >= 0.6 is 0 Å². The third kappa shape index (κ3) is 3.14. The molecule has 0 bridgehead atoms. The van der Waals surface area contributed by atoms with Gasteiger partial charge < -0.3 is 17.2 Å². The molecular weight excluding hydrogens is 178 g/mol. The van der Waals surface area contributed by atoms with E-state index in [1.807, 2.05) is 31.2 Å². The molecule has 0 amide bonds. The van der Waals surface area contributed by atoms with Gasteiger partial charge in [-0.1, -0.05) is 17.7 Å². The Morgan fingerprint density at radius 2 is 1.71 bits per heavy atom. The van der Waals surface area contributed by atoms with E-state index >= 15 is 0 Å². The van der Waals surface area contributed by atoms with E-state index in [0.717, 1.165) is 5.69 Å². The molecule has 7 N–H and O–H groups in total. The number of nitrogens with one attached hydrogen (secondary N) is 1. The molecule has 1 rings (SSSR count). The normalized spacial score (nSPS) is 11.1. The molecule has 1 aromatic carbocycles. The van der Waals surface area contributed by atoms with Gasteiger partial charge in [0.2, 0.25) is 0 Å². The molecule has 0 aromatic heterocycles. The van der Waals surface area contributed by atoms with Gasteiger partial charge in [0.05, 0.1) is 0 Å². The number of benzene rings is 1. The molecule has 0 saturated carbocycles. The number of nitrogens with zero attached hydrogens (tertiary/aromatic N) is 1. The lowest BCUT2D eigenvalue weighted by Crippen LogP contribution is -2.84. The fourth-order valence-electron chi connectivity index (χ4n) is 0.934. The summed E-state index contributed by atoms with van der Waals surface area (Å²) in [7, 11) is 0. The molecule has 74 valence electrons. The van der Waals surface area contributed by atoms with Gasteiger partial charge in [0.25, 0.3) is 5.96 Å². The molecule has 0 heterocycles. The number of rotatable bonds is 1. The summed E-state index contributed by atoms with van der Waals surface area (Å²) in [4.78, 5) is 6.55. The van der Waals surface area contributed by atoms with Gasteiger partial charge in [-0.25, -0.2) is 4.99 Å². The van der Waals surface area contributed by atoms with Crippen molar-refractivity contribution in [1.82, 2.24) is 0 Å². The van der Waals surface area contributed by atoms with Crippen LogP contribution in [0.3, 0.4) is 0 Å². The summed E-state index contributed by atoms with van der Waals surface area (Å²) in [6, 6.07) is 7.61. The summed E-state index contributed by atoms with van der Waals surface area (Å²) < 4.78 is 0. The van der Waals surface area contributed by atoms with Gasteiger partial charge in [-0.05, 0) is 19.1 Å². The van der Waals surface area contributed by atoms with Crippen molar-refractivity contribution in [3.63, 3.8) is 0 Å². The number of hydrogen-bond donors (Lipinski definition) is 4. The summed E-state index contributed by atoms with van der Waals surface area (Å²) in [5, 5.41) is 0. The Hall–Kier alpha value is -2.04. The third-order valence-corrected chi connectivity index (χ3v) is 1.56. The van der Waals surface area contributed by atoms with E-state index in [9.17, 15) is 0 Å². The number of aryl methyl sites for hydroxylation is 1. The highest BCUT2D eigenvalue weighted by Gasteiger charge is 1.96. The van der Waals surface area contributed by atoms with Crippen LogP contribution in [-0.4, -0.2) is 11.9 Å². The van der Waals surface area contributed by atoms with Crippen molar-refractivity contribution >= 4 is 17.6 Å². The summed E-state index contributed by atoms with van der Waals surface area (Å²) in [6.45, 7) is 2.00. The van der Waals surface area contributed by atoms with E-state index in [1.165, 1.54) is 5.56 Å². The predicted octanol–water partition coefficient (Wildman–Crippen LogP) is -1.70. The van der Waals surface area contributed by atoms with Gasteiger partial charge in [-0.15, -0.1) is 4.99 Å². The number of aliphatic imine (C=N–C) groups is 1. The average molecular weight is 192 g/mol. The number of nitrogens with two attached hydrogens (primary N) is 3. The van der Waals surface area contributed by atoms with Crippen molar-refractivity contribution in [2.75, 3.05) is 0 Å². The topological polar surface area (TPSA) is 104 Å². The summed E-state index contributed by atoms with van der Waals surface area (Å²) in [6.07, 6.45) is 0. The SMILES string of the molecule is Cc1ccc(N=C(N)[NH+]=C(N)N)cc1. The van der Waals surface area contributed by atoms with Crippen LogP contribution in [0, 0.1) is 6.92 Å². The van der Waals surface area contributed by atoms with Crippen molar-refractivity contribution in [2.24, 2.45) is 22.2 Å². The van der Waals surface area contributed by atoms with Crippen LogP contribution in [0.2, 0.25) is 0 Å². The molecule has 0 aliphatic heterocycles. The molecule has 0 fully saturated rings. The highest BCUT2D eigenvalue weighted by molar-refractivity contribution is 5.79. The van der Waals surface area contributed by atoms with Gasteiger partial charge in [-0.3, -0.25) is 0 Å². The Labute approximate surface area is 82.3 Å². The second-order valence-corrected chi connectivity index (χ2v) is 2.91. The smallest absolute Gasteiger partial charge is 0.316 e. The van der Waals surface area contributed by atoms with Crippen LogP contribution < -0.4 is 22.2 Å². The van der Waals surface area contributed by atoms with E-state index in [0.29, 0.717) is 0 Å². The second-order valence-electron chi connectivity index (χ2n) is 2.91. The standard InChI is InChI=1S/C9H13N5/c1-6-2-4-7(5-3-6)13-9(12)14-8(10)11/h2-5H,1H3,(H6,10,11,12,13,14)/p+1. The maximum absolute atomic E-state index is 5.50. The second kappa shape index (κ2) is 4.27. The zero-order valence-electron chi connectivity index (χ0n) is 7.99. The summed E-state index contributed by atoms with van der Waals surface area (Å²) in [5.74, 6) is 0.201. The van der Waals surface area contributed by atoms with Gasteiger partial charge in [0.15, 0.2) is 0 Å². The molecule has 0 saturated heterocycles. The van der Waals surface area contributed by atoms with E-state index in [-0.39, 0.29) is 11.9 Å². The molecule has 0 spiro atoms. The minimum atomic E-state index is 0.0263. The van der Waals surface area contributed by atoms with E-state index < -0.39 is 0 Å². The zero-order valence-corrected chi connectivity index (χ0v) is 7.99. The fraction of sp³-hybridized carbons (Fsp3) is 0.111. The molecule has 0 aliphatic rings. The van der Waals surface area contributed by atoms with Crippen molar-refractivity contribution in [1.29, 1.82) is 0 Å². The Kier molecular flexibility index (Phi) is 3.06. The Morgan fingerprint density at radius 1 is 1.14 bits per heavy atom. The first-order valence-electron chi connectivity index (χ1n) is 4.13. The lowest BCUT2D eigenvalue weighted by atomic mass is 10.2. The molecule has 5 heteroatoms. The largest absolute Gasteiger partial charge is 0.323 e. The Bertz CT molecular complexity index is 359. The molecular formula is C9H14N5+. The van der Waals surface area contributed by atoms with Crippen LogP contribution in [0.4, 0.5) is 5.69 Å². The maximum atomic E-state index is 5.50. The zero-order chi connectivity index (χ0) is 10.6. The van der Waals surface area contributed by atoms with Crippen LogP contribution in [-0.2, 0) is 0 Å². The first-order valence-corrected chi connectivity index (χ1v) is 4.13. The Balaban J connectivity index is 2.87. The lowest BCUT2D eigenvalue weighted by Gasteiger charge is -1.93. The molecule has 5 nitrogen and oxygen atoms in total. The van der Waals surface area contributed by atoms with Crippen LogP contribution in [0.25, 0.3) is 0 Å². The van der Waals surface area contributed by atoms with Crippen molar-refractivity contribution < 1.29 is 4.99 Å². The first-order chi connectivity index (χ1) is 6.58. The molecule has 0 unspecified atom stereocenters. The highest BCUT2D eigenvalue weighted by atomic mass is 15.1. The molecule has 0 aliphatic carbocycles. The summed E-state index contributed by atoms with van der Waals surface area (Å²) >= 11 is 0. The van der Waals surface area contributed by atoms with E-state index in [1.54, 1.807) is 0 Å². The van der Waals surface area contributed by atoms with Gasteiger partial charge in [0, 0.05) is 0 Å². The third-order valence-electron chi connectivity index (χ3n) is 1.56.